The topological polar surface area (TPSA) is 47.6 Å². The molecule has 2 rings (SSSR count). The molecule has 0 heterocycles. The molecule has 0 aliphatic rings. The standard InChI is InChI=1S/C16H12N2S/c1-11-8-16(19-13-6-4-3-5-7-13)15(10-18)12(2)14(11)9-17/h3-8H,1-2H3. The van der Waals surface area contributed by atoms with Crippen LogP contribution in [0.2, 0.25) is 0 Å². The van der Waals surface area contributed by atoms with Gasteiger partial charge in [-0.2, -0.15) is 10.5 Å². The normalized spacial score (nSPS) is 9.68. The van der Waals surface area contributed by atoms with Gasteiger partial charge >= 0.3 is 0 Å². The lowest BCUT2D eigenvalue weighted by Crippen LogP contribution is -1.95. The number of rotatable bonds is 2. The Kier molecular flexibility index (Phi) is 3.90. The van der Waals surface area contributed by atoms with Crippen LogP contribution in [0.4, 0.5) is 0 Å². The van der Waals surface area contributed by atoms with Crippen molar-refractivity contribution in [2.45, 2.75) is 23.6 Å². The van der Waals surface area contributed by atoms with Gasteiger partial charge in [-0.3, -0.25) is 0 Å². The SMILES string of the molecule is Cc1cc(Sc2ccccc2)c(C#N)c(C)c1C#N. The van der Waals surface area contributed by atoms with Gasteiger partial charge in [0.15, 0.2) is 0 Å². The molecule has 0 bridgehead atoms. The van der Waals surface area contributed by atoms with Crippen LogP contribution in [0.25, 0.3) is 0 Å². The van der Waals surface area contributed by atoms with E-state index in [0.29, 0.717) is 11.1 Å². The van der Waals surface area contributed by atoms with Crippen molar-refractivity contribution in [3.63, 3.8) is 0 Å². The largest absolute Gasteiger partial charge is 0.192 e. The van der Waals surface area contributed by atoms with E-state index < -0.39 is 0 Å². The van der Waals surface area contributed by atoms with Crippen molar-refractivity contribution in [2.75, 3.05) is 0 Å². The monoisotopic (exact) mass is 264 g/mol. The molecular formula is C16H12N2S. The molecule has 0 aromatic heterocycles. The van der Waals surface area contributed by atoms with Crippen molar-refractivity contribution in [1.29, 1.82) is 10.5 Å². The first kappa shape index (κ1) is 13.2. The van der Waals surface area contributed by atoms with Gasteiger partial charge in [0.25, 0.3) is 0 Å². The van der Waals surface area contributed by atoms with Gasteiger partial charge in [-0.05, 0) is 43.2 Å². The Morgan fingerprint density at radius 3 is 2.16 bits per heavy atom. The number of nitriles is 2. The number of hydrogen-bond acceptors (Lipinski definition) is 3. The van der Waals surface area contributed by atoms with Gasteiger partial charge in [-0.1, -0.05) is 30.0 Å². The van der Waals surface area contributed by atoms with Crippen LogP contribution in [0.3, 0.4) is 0 Å². The van der Waals surface area contributed by atoms with Crippen LogP contribution in [-0.4, -0.2) is 0 Å². The van der Waals surface area contributed by atoms with E-state index in [1.165, 1.54) is 0 Å². The van der Waals surface area contributed by atoms with Crippen LogP contribution >= 0.6 is 11.8 Å². The van der Waals surface area contributed by atoms with Crippen LogP contribution in [0.15, 0.2) is 46.2 Å². The molecule has 0 atom stereocenters. The van der Waals surface area contributed by atoms with Gasteiger partial charge in [0, 0.05) is 9.79 Å². The summed E-state index contributed by atoms with van der Waals surface area (Å²) >= 11 is 1.55. The molecule has 0 unspecified atom stereocenters. The van der Waals surface area contributed by atoms with Crippen LogP contribution in [0.1, 0.15) is 22.3 Å². The minimum Gasteiger partial charge on any atom is -0.192 e. The van der Waals surface area contributed by atoms with Crippen molar-refractivity contribution < 1.29 is 0 Å². The fraction of sp³-hybridized carbons (Fsp3) is 0.125. The lowest BCUT2D eigenvalue weighted by Gasteiger charge is -2.10. The Morgan fingerprint density at radius 1 is 0.947 bits per heavy atom. The van der Waals surface area contributed by atoms with Crippen molar-refractivity contribution in [3.8, 4) is 12.1 Å². The zero-order chi connectivity index (χ0) is 13.8. The fourth-order valence-corrected chi connectivity index (χ4v) is 3.04. The first-order chi connectivity index (χ1) is 9.17. The van der Waals surface area contributed by atoms with E-state index in [1.54, 1.807) is 11.8 Å². The molecule has 0 amide bonds. The van der Waals surface area contributed by atoms with Gasteiger partial charge in [0.05, 0.1) is 17.2 Å². The molecule has 2 aromatic carbocycles. The predicted molar refractivity (Wildman–Crippen MR) is 75.9 cm³/mol. The summed E-state index contributed by atoms with van der Waals surface area (Å²) in [6.07, 6.45) is 0. The second kappa shape index (κ2) is 5.61. The number of nitrogens with zero attached hydrogens (tertiary/aromatic N) is 2. The van der Waals surface area contributed by atoms with Crippen molar-refractivity contribution >= 4 is 11.8 Å². The molecule has 3 heteroatoms. The van der Waals surface area contributed by atoms with Gasteiger partial charge in [-0.25, -0.2) is 0 Å². The van der Waals surface area contributed by atoms with E-state index >= 15 is 0 Å². The zero-order valence-electron chi connectivity index (χ0n) is 10.8. The highest BCUT2D eigenvalue weighted by Crippen LogP contribution is 2.34. The summed E-state index contributed by atoms with van der Waals surface area (Å²) in [6.45, 7) is 3.74. The van der Waals surface area contributed by atoms with Gasteiger partial charge < -0.3 is 0 Å². The van der Waals surface area contributed by atoms with E-state index in [9.17, 15) is 5.26 Å². The smallest absolute Gasteiger partial charge is 0.101 e. The highest BCUT2D eigenvalue weighted by Gasteiger charge is 2.13. The molecule has 0 aliphatic heterocycles. The van der Waals surface area contributed by atoms with Crippen molar-refractivity contribution in [1.82, 2.24) is 0 Å². The Bertz CT molecular complexity index is 691. The minimum absolute atomic E-state index is 0.594. The molecule has 0 radical (unpaired) electrons. The molecule has 0 spiro atoms. The summed E-state index contributed by atoms with van der Waals surface area (Å²) in [5.74, 6) is 0. The molecule has 2 nitrogen and oxygen atoms in total. The maximum absolute atomic E-state index is 9.32. The van der Waals surface area contributed by atoms with Crippen molar-refractivity contribution in [2.24, 2.45) is 0 Å². The summed E-state index contributed by atoms with van der Waals surface area (Å²) in [4.78, 5) is 1.99. The predicted octanol–water partition coefficient (Wildman–Crippen LogP) is 4.20. The zero-order valence-corrected chi connectivity index (χ0v) is 11.6. The average Bonchev–Trinajstić information content (AvgIpc) is 2.40. The lowest BCUT2D eigenvalue weighted by molar-refractivity contribution is 1.22. The summed E-state index contributed by atoms with van der Waals surface area (Å²) in [7, 11) is 0. The van der Waals surface area contributed by atoms with E-state index in [4.69, 9.17) is 5.26 Å². The van der Waals surface area contributed by atoms with Gasteiger partial charge in [-0.15, -0.1) is 0 Å². The highest BCUT2D eigenvalue weighted by atomic mass is 32.2. The third-order valence-corrected chi connectivity index (χ3v) is 3.98. The lowest BCUT2D eigenvalue weighted by atomic mass is 9.99. The van der Waals surface area contributed by atoms with Crippen LogP contribution in [0, 0.1) is 36.5 Å². The second-order valence-corrected chi connectivity index (χ2v) is 5.32. The quantitative estimate of drug-likeness (QED) is 0.816. The van der Waals surface area contributed by atoms with Gasteiger partial charge in [0.1, 0.15) is 6.07 Å². The second-order valence-electron chi connectivity index (χ2n) is 4.21. The minimum atomic E-state index is 0.594. The summed E-state index contributed by atoms with van der Waals surface area (Å²) in [5, 5.41) is 18.4. The van der Waals surface area contributed by atoms with E-state index in [-0.39, 0.29) is 0 Å². The average molecular weight is 264 g/mol. The summed E-state index contributed by atoms with van der Waals surface area (Å²) in [5.41, 5.74) is 2.88. The fourth-order valence-electron chi connectivity index (χ4n) is 1.95. The van der Waals surface area contributed by atoms with Crippen LogP contribution < -0.4 is 0 Å². The van der Waals surface area contributed by atoms with E-state index in [2.05, 4.69) is 12.1 Å². The number of aryl methyl sites for hydroxylation is 1. The molecule has 0 aliphatic carbocycles. The first-order valence-electron chi connectivity index (χ1n) is 5.84. The first-order valence-corrected chi connectivity index (χ1v) is 6.66. The van der Waals surface area contributed by atoms with Crippen molar-refractivity contribution in [3.05, 3.63) is 58.7 Å². The summed E-state index contributed by atoms with van der Waals surface area (Å²) in [6, 6.07) is 16.2. The van der Waals surface area contributed by atoms with Gasteiger partial charge in [0.2, 0.25) is 0 Å². The summed E-state index contributed by atoms with van der Waals surface area (Å²) < 4.78 is 0. The Hall–Kier alpha value is -2.23. The molecule has 0 N–H and O–H groups in total. The maximum atomic E-state index is 9.32. The molecule has 0 fully saturated rings. The Morgan fingerprint density at radius 2 is 1.58 bits per heavy atom. The third-order valence-electron chi connectivity index (χ3n) is 2.93. The van der Waals surface area contributed by atoms with Crippen LogP contribution in [0.5, 0.6) is 0 Å². The molecule has 0 saturated heterocycles. The number of benzene rings is 2. The maximum Gasteiger partial charge on any atom is 0.101 e. The third kappa shape index (κ3) is 2.62. The number of hydrogen-bond donors (Lipinski definition) is 0. The molecule has 92 valence electrons. The molecular weight excluding hydrogens is 252 g/mol. The molecule has 2 aromatic rings. The highest BCUT2D eigenvalue weighted by molar-refractivity contribution is 7.99. The van der Waals surface area contributed by atoms with Crippen LogP contribution in [-0.2, 0) is 0 Å². The van der Waals surface area contributed by atoms with E-state index in [1.807, 2.05) is 50.2 Å². The Labute approximate surface area is 117 Å². The van der Waals surface area contributed by atoms with E-state index in [0.717, 1.165) is 20.9 Å². The molecule has 19 heavy (non-hydrogen) atoms. The Balaban J connectivity index is 2.54. The molecule has 0 saturated carbocycles.